The van der Waals surface area contributed by atoms with E-state index in [4.69, 9.17) is 18.9 Å². The molecular weight excluding hydrogens is 969 g/mol. The summed E-state index contributed by atoms with van der Waals surface area (Å²) < 4.78 is 25.4. The molecule has 1 aromatic carbocycles. The Hall–Kier alpha value is -4.18. The summed E-state index contributed by atoms with van der Waals surface area (Å²) in [5.74, 6) is 8.36. The average molecular weight is 1060 g/mol. The topological polar surface area (TPSA) is 161 Å². The van der Waals surface area contributed by atoms with Gasteiger partial charge in [-0.2, -0.15) is 0 Å². The number of methoxy groups -OCH3 is 1. The minimum atomic E-state index is -0.787. The van der Waals surface area contributed by atoms with Crippen LogP contribution in [0.3, 0.4) is 0 Å². The van der Waals surface area contributed by atoms with Gasteiger partial charge in [-0.3, -0.25) is 14.4 Å². The molecule has 0 aromatic heterocycles. The summed E-state index contributed by atoms with van der Waals surface area (Å²) in [7, 11) is 4.02. The molecule has 0 radical (unpaired) electrons. The first-order chi connectivity index (χ1) is 36.6. The van der Waals surface area contributed by atoms with Crippen LogP contribution in [0, 0.1) is 75.4 Å². The predicted molar refractivity (Wildman–Crippen MR) is 299 cm³/mol. The van der Waals surface area contributed by atoms with Crippen molar-refractivity contribution in [2.24, 2.45) is 63.6 Å². The number of ether oxygens (including phenoxy) is 4. The van der Waals surface area contributed by atoms with Crippen LogP contribution in [0.1, 0.15) is 189 Å². The molecule has 6 fully saturated rings. The molecule has 0 spiro atoms. The van der Waals surface area contributed by atoms with Crippen LogP contribution in [0.2, 0.25) is 0 Å². The average Bonchev–Trinajstić information content (AvgIpc) is 3.92. The van der Waals surface area contributed by atoms with Gasteiger partial charge in [-0.25, -0.2) is 4.79 Å². The van der Waals surface area contributed by atoms with Crippen molar-refractivity contribution in [2.75, 3.05) is 38.8 Å². The van der Waals surface area contributed by atoms with Crippen LogP contribution in [0.15, 0.2) is 47.1 Å². The van der Waals surface area contributed by atoms with Crippen LogP contribution in [0.4, 0.5) is 10.5 Å². The number of rotatable bonds is 17. The number of nitrogens with one attached hydrogen (secondary N) is 1. The Morgan fingerprint density at radius 2 is 1.71 bits per heavy atom. The van der Waals surface area contributed by atoms with E-state index in [2.05, 4.69) is 81.1 Å². The van der Waals surface area contributed by atoms with Crippen LogP contribution in [0.25, 0.3) is 0 Å². The number of anilines is 1. The molecule has 0 saturated heterocycles. The molecule has 9 rings (SSSR count). The number of nitrogens with zero attached hydrogens (tertiary/aromatic N) is 1. The lowest BCUT2D eigenvalue weighted by atomic mass is 9.43. The van der Waals surface area contributed by atoms with E-state index in [9.17, 15) is 29.4 Å². The number of carboxylic acid groups (broad SMARTS) is 1. The van der Waals surface area contributed by atoms with Gasteiger partial charge in [-0.05, 0) is 218 Å². The first-order valence-electron chi connectivity index (χ1n) is 30.1. The molecule has 3 N–H and O–H groups in total. The Labute approximate surface area is 461 Å². The van der Waals surface area contributed by atoms with E-state index in [-0.39, 0.29) is 89.1 Å². The third-order valence-electron chi connectivity index (χ3n) is 22.2. The standard InChI is InChI=1S/C65H94N2O10/c1-11-29-65(74-10)31-28-51-48-22-18-42-35-45(68)21-23-47(42)58(48)49(39-64(51,65)12-2)41-16-19-44(20-17-41)67(9)33-34-75-46-27-30-62(7)43(36-46)37-54(76-57(72)14-13-32-66-60(73)77-61(4,5)6)59-52-25-24-50(40(3)15-26-56(70)71)63(52,8)55(69)38-53(59)62/h16-17,19-20,35,40,43,46,48-55,59,69H,12-15,18,21-28,30-34,36-39H2,1-10H3,(H,66,73)(H,70,71)/t40-,43+,46+,48?,49-,50-,51?,52+,53+,54-,55+,59+,62+,63-,64+,65+/m1/s1. The molecule has 12 nitrogen and oxygen atoms in total. The van der Waals surface area contributed by atoms with Gasteiger partial charge >= 0.3 is 18.0 Å². The normalized spacial score (nSPS) is 37.5. The lowest BCUT2D eigenvalue weighted by Gasteiger charge is -2.64. The maximum absolute atomic E-state index is 13.9. The van der Waals surface area contributed by atoms with E-state index in [0.29, 0.717) is 50.7 Å². The number of hydrogen-bond acceptors (Lipinski definition) is 10. The van der Waals surface area contributed by atoms with Gasteiger partial charge < -0.3 is 39.4 Å². The lowest BCUT2D eigenvalue weighted by molar-refractivity contribution is -0.219. The Morgan fingerprint density at radius 1 is 0.948 bits per heavy atom. The molecule has 16 atom stereocenters. The van der Waals surface area contributed by atoms with Crippen molar-refractivity contribution < 1.29 is 48.3 Å². The number of benzene rings is 1. The number of fused-ring (bicyclic) bond motifs is 9. The van der Waals surface area contributed by atoms with Crippen molar-refractivity contribution in [3.05, 3.63) is 52.6 Å². The van der Waals surface area contributed by atoms with Crippen LogP contribution in [-0.4, -0.2) is 97.4 Å². The summed E-state index contributed by atoms with van der Waals surface area (Å²) >= 11 is 0. The van der Waals surface area contributed by atoms with E-state index < -0.39 is 34.8 Å². The summed E-state index contributed by atoms with van der Waals surface area (Å²) in [4.78, 5) is 52.9. The molecule has 2 unspecified atom stereocenters. The molecule has 8 aliphatic rings. The number of esters is 1. The molecule has 8 aliphatic carbocycles. The SMILES string of the molecule is CC#C[C@]1(OC)CCC2C3CCC4=CC(=O)CCC4=C3[C@@H](c3ccc(N(C)CCO[C@H]4CC[C@@]5(C)[C@@H](C4)C[C@@H](OC(=O)CCCNC(=O)OC(C)(C)C)[C@@H]4[C@@H]5C[C@H](O)[C@]5(C)[C@@H]([C@H](C)CCC(=O)O)CC[C@@H]45)cc3)C[C@@]21CC. The van der Waals surface area contributed by atoms with Crippen molar-refractivity contribution in [1.29, 1.82) is 0 Å². The highest BCUT2D eigenvalue weighted by Crippen LogP contribution is 2.71. The number of carboxylic acids is 1. The minimum Gasteiger partial charge on any atom is -0.481 e. The highest BCUT2D eigenvalue weighted by molar-refractivity contribution is 5.93. The van der Waals surface area contributed by atoms with Gasteiger partial charge in [0.1, 0.15) is 17.3 Å². The number of carbonyl (C=O) groups is 4. The largest absolute Gasteiger partial charge is 0.481 e. The van der Waals surface area contributed by atoms with Gasteiger partial charge in [0.15, 0.2) is 5.78 Å². The summed E-state index contributed by atoms with van der Waals surface area (Å²) in [6.07, 6.45) is 15.7. The molecule has 424 valence electrons. The highest BCUT2D eigenvalue weighted by atomic mass is 16.6. The highest BCUT2D eigenvalue weighted by Gasteiger charge is 2.68. The van der Waals surface area contributed by atoms with Crippen LogP contribution in [-0.2, 0) is 33.3 Å². The predicted octanol–water partition coefficient (Wildman–Crippen LogP) is 12.2. The van der Waals surface area contributed by atoms with E-state index in [0.717, 1.165) is 95.7 Å². The Balaban J connectivity index is 0.877. The smallest absolute Gasteiger partial charge is 0.407 e. The minimum absolute atomic E-state index is 0.0540. The maximum atomic E-state index is 13.9. The number of likely N-dealkylation sites (N-methyl/N-ethyl adjacent to an activating group) is 1. The molecule has 0 heterocycles. The molecule has 77 heavy (non-hydrogen) atoms. The van der Waals surface area contributed by atoms with E-state index in [1.54, 1.807) is 5.57 Å². The van der Waals surface area contributed by atoms with Crippen molar-refractivity contribution in [3.8, 4) is 11.8 Å². The van der Waals surface area contributed by atoms with Crippen molar-refractivity contribution in [2.45, 2.75) is 213 Å². The molecule has 12 heteroatoms. The first-order valence-corrected chi connectivity index (χ1v) is 30.1. The number of aliphatic hydroxyl groups is 1. The van der Waals surface area contributed by atoms with E-state index in [1.165, 1.54) is 16.7 Å². The van der Waals surface area contributed by atoms with Gasteiger partial charge in [-0.1, -0.05) is 51.3 Å². The summed E-state index contributed by atoms with van der Waals surface area (Å²) in [6.45, 7) is 18.2. The van der Waals surface area contributed by atoms with E-state index in [1.807, 2.05) is 40.9 Å². The Bertz CT molecular complexity index is 2480. The van der Waals surface area contributed by atoms with Crippen molar-refractivity contribution in [1.82, 2.24) is 5.32 Å². The second kappa shape index (κ2) is 22.8. The van der Waals surface area contributed by atoms with Crippen LogP contribution < -0.4 is 10.2 Å². The molecule has 6 saturated carbocycles. The Kier molecular flexibility index (Phi) is 17.0. The fourth-order valence-electron chi connectivity index (χ4n) is 18.5. The van der Waals surface area contributed by atoms with Gasteiger partial charge in [-0.15, -0.1) is 5.92 Å². The molecule has 1 amide bonds. The summed E-state index contributed by atoms with van der Waals surface area (Å²) in [6, 6.07) is 9.27. The van der Waals surface area contributed by atoms with Gasteiger partial charge in [0.25, 0.3) is 0 Å². The summed E-state index contributed by atoms with van der Waals surface area (Å²) in [5.41, 5.74) is 5.22. The molecule has 0 bridgehead atoms. The van der Waals surface area contributed by atoms with E-state index >= 15 is 0 Å². The van der Waals surface area contributed by atoms with Crippen molar-refractivity contribution in [3.63, 3.8) is 0 Å². The van der Waals surface area contributed by atoms with Crippen LogP contribution in [0.5, 0.6) is 0 Å². The zero-order valence-corrected chi connectivity index (χ0v) is 48.5. The van der Waals surface area contributed by atoms with Gasteiger partial charge in [0.2, 0.25) is 0 Å². The second-order valence-corrected chi connectivity index (χ2v) is 26.8. The third kappa shape index (κ3) is 10.8. The second-order valence-electron chi connectivity index (χ2n) is 26.8. The number of allylic oxidation sites excluding steroid dienone is 4. The molecular formula is C65H94N2O10. The lowest BCUT2D eigenvalue weighted by Crippen LogP contribution is -2.63. The monoisotopic (exact) mass is 1060 g/mol. The fraction of sp³-hybridized carbons (Fsp3) is 0.754. The number of carbonyl (C=O) groups excluding carboxylic acids is 3. The quantitative estimate of drug-likeness (QED) is 0.0774. The number of ketones is 1. The maximum Gasteiger partial charge on any atom is 0.407 e. The third-order valence-corrected chi connectivity index (χ3v) is 22.2. The Morgan fingerprint density at radius 3 is 2.42 bits per heavy atom. The van der Waals surface area contributed by atoms with Gasteiger partial charge in [0, 0.05) is 69.4 Å². The number of amides is 1. The fourth-order valence-corrected chi connectivity index (χ4v) is 18.5. The number of alkyl carbamates (subject to hydrolysis) is 1. The first kappa shape index (κ1) is 57.5. The van der Waals surface area contributed by atoms with Gasteiger partial charge in [0.05, 0.1) is 18.8 Å². The molecule has 1 aromatic rings. The van der Waals surface area contributed by atoms with Crippen molar-refractivity contribution >= 4 is 29.5 Å². The summed E-state index contributed by atoms with van der Waals surface area (Å²) in [5, 5.41) is 24.7. The number of hydrogen-bond donors (Lipinski definition) is 3. The zero-order valence-electron chi connectivity index (χ0n) is 48.5. The molecule has 0 aliphatic heterocycles. The number of aliphatic hydroxyl groups excluding tert-OH is 1. The van der Waals surface area contributed by atoms with Crippen LogP contribution >= 0.6 is 0 Å². The zero-order chi connectivity index (χ0) is 55.2. The number of aliphatic carboxylic acids is 1.